The van der Waals surface area contributed by atoms with E-state index in [0.717, 1.165) is 23.9 Å². The van der Waals surface area contributed by atoms with Crippen molar-refractivity contribution in [1.82, 2.24) is 10.2 Å². The van der Waals surface area contributed by atoms with E-state index in [9.17, 15) is 0 Å². The molecule has 0 aromatic heterocycles. The fourth-order valence-electron chi connectivity index (χ4n) is 4.63. The molecule has 3 unspecified atom stereocenters. The van der Waals surface area contributed by atoms with Gasteiger partial charge in [0, 0.05) is 31.2 Å². The molecule has 0 radical (unpaired) electrons. The van der Waals surface area contributed by atoms with Crippen LogP contribution in [-0.2, 0) is 0 Å². The molecule has 0 bridgehead atoms. The van der Waals surface area contributed by atoms with Crippen LogP contribution >= 0.6 is 0 Å². The first-order valence-corrected chi connectivity index (χ1v) is 9.61. The Balaban J connectivity index is 2.00. The van der Waals surface area contributed by atoms with E-state index in [1.165, 1.54) is 64.5 Å². The molecule has 0 spiro atoms. The second-order valence-corrected chi connectivity index (χ2v) is 8.03. The maximum Gasteiger partial charge on any atom is 0.0252 e. The highest BCUT2D eigenvalue weighted by molar-refractivity contribution is 4.93. The van der Waals surface area contributed by atoms with Gasteiger partial charge in [-0.2, -0.15) is 0 Å². The van der Waals surface area contributed by atoms with Gasteiger partial charge in [-0.3, -0.25) is 4.90 Å². The Morgan fingerprint density at radius 3 is 2.43 bits per heavy atom. The summed E-state index contributed by atoms with van der Waals surface area (Å²) in [5, 5.41) is 3.88. The van der Waals surface area contributed by atoms with Crippen LogP contribution in [0.5, 0.6) is 0 Å². The molecule has 0 amide bonds. The van der Waals surface area contributed by atoms with Gasteiger partial charge in [-0.25, -0.2) is 0 Å². The molecule has 3 atom stereocenters. The lowest BCUT2D eigenvalue weighted by atomic mass is 9.81. The largest absolute Gasteiger partial charge is 0.311 e. The summed E-state index contributed by atoms with van der Waals surface area (Å²) in [6.07, 6.45) is 11.3. The quantitative estimate of drug-likeness (QED) is 0.779. The summed E-state index contributed by atoms with van der Waals surface area (Å²) in [7, 11) is 0. The molecule has 2 aliphatic rings. The van der Waals surface area contributed by atoms with Gasteiger partial charge in [-0.05, 0) is 44.4 Å². The third-order valence-electron chi connectivity index (χ3n) is 5.70. The Morgan fingerprint density at radius 1 is 1.10 bits per heavy atom. The van der Waals surface area contributed by atoms with E-state index < -0.39 is 0 Å². The molecule has 2 rings (SSSR count). The fraction of sp³-hybridized carbons (Fsp3) is 1.00. The number of hydrogen-bond acceptors (Lipinski definition) is 2. The standard InChI is InChI=1S/C19H38N2/c1-5-9-16(4)21-14-18(12-15(2)3)20-13-19(21)17-10-7-6-8-11-17/h15-20H,5-14H2,1-4H3. The van der Waals surface area contributed by atoms with Crippen LogP contribution in [0.1, 0.15) is 79.1 Å². The van der Waals surface area contributed by atoms with Gasteiger partial charge in [0.1, 0.15) is 0 Å². The van der Waals surface area contributed by atoms with Crippen LogP contribution in [0, 0.1) is 11.8 Å². The van der Waals surface area contributed by atoms with Gasteiger partial charge in [-0.1, -0.05) is 46.5 Å². The van der Waals surface area contributed by atoms with Gasteiger partial charge in [-0.15, -0.1) is 0 Å². The number of hydrogen-bond donors (Lipinski definition) is 1. The van der Waals surface area contributed by atoms with Crippen molar-refractivity contribution in [3.63, 3.8) is 0 Å². The molecule has 2 nitrogen and oxygen atoms in total. The maximum atomic E-state index is 3.88. The zero-order valence-corrected chi connectivity index (χ0v) is 14.9. The molecule has 1 aliphatic heterocycles. The molecule has 0 aromatic carbocycles. The highest BCUT2D eigenvalue weighted by Gasteiger charge is 2.35. The predicted molar refractivity (Wildman–Crippen MR) is 92.7 cm³/mol. The lowest BCUT2D eigenvalue weighted by Gasteiger charge is -2.48. The highest BCUT2D eigenvalue weighted by atomic mass is 15.3. The van der Waals surface area contributed by atoms with Crippen LogP contribution in [0.25, 0.3) is 0 Å². The molecular formula is C19H38N2. The van der Waals surface area contributed by atoms with E-state index in [4.69, 9.17) is 0 Å². The SMILES string of the molecule is CCCC(C)N1CC(CC(C)C)NCC1C1CCCCC1. The van der Waals surface area contributed by atoms with Crippen molar-refractivity contribution in [2.24, 2.45) is 11.8 Å². The first-order valence-electron chi connectivity index (χ1n) is 9.61. The minimum absolute atomic E-state index is 0.712. The normalized spacial score (nSPS) is 30.7. The third-order valence-corrected chi connectivity index (χ3v) is 5.70. The van der Waals surface area contributed by atoms with Crippen LogP contribution in [0.2, 0.25) is 0 Å². The lowest BCUT2D eigenvalue weighted by molar-refractivity contribution is 0.0342. The van der Waals surface area contributed by atoms with Crippen LogP contribution in [0.4, 0.5) is 0 Å². The molecule has 1 saturated heterocycles. The molecule has 1 heterocycles. The topological polar surface area (TPSA) is 15.3 Å². The van der Waals surface area contributed by atoms with Crippen molar-refractivity contribution in [2.75, 3.05) is 13.1 Å². The molecular weight excluding hydrogens is 256 g/mol. The van der Waals surface area contributed by atoms with Crippen molar-refractivity contribution < 1.29 is 0 Å². The van der Waals surface area contributed by atoms with Gasteiger partial charge >= 0.3 is 0 Å². The van der Waals surface area contributed by atoms with Crippen LogP contribution in [0.3, 0.4) is 0 Å². The van der Waals surface area contributed by atoms with Crippen LogP contribution < -0.4 is 5.32 Å². The maximum absolute atomic E-state index is 3.88. The Labute approximate surface area is 133 Å². The zero-order chi connectivity index (χ0) is 15.2. The minimum atomic E-state index is 0.712. The fourth-order valence-corrected chi connectivity index (χ4v) is 4.63. The van der Waals surface area contributed by atoms with Gasteiger partial charge < -0.3 is 5.32 Å². The summed E-state index contributed by atoms with van der Waals surface area (Å²) in [5.41, 5.74) is 0. The molecule has 1 N–H and O–H groups in total. The first-order chi connectivity index (χ1) is 10.1. The monoisotopic (exact) mass is 294 g/mol. The van der Waals surface area contributed by atoms with E-state index in [1.807, 2.05) is 0 Å². The summed E-state index contributed by atoms with van der Waals surface area (Å²) < 4.78 is 0. The molecule has 1 saturated carbocycles. The van der Waals surface area contributed by atoms with Crippen LogP contribution in [0.15, 0.2) is 0 Å². The zero-order valence-electron chi connectivity index (χ0n) is 14.9. The van der Waals surface area contributed by atoms with Crippen molar-refractivity contribution in [2.45, 2.75) is 97.2 Å². The predicted octanol–water partition coefficient (Wildman–Crippen LogP) is 4.44. The van der Waals surface area contributed by atoms with E-state index in [-0.39, 0.29) is 0 Å². The van der Waals surface area contributed by atoms with Crippen LogP contribution in [-0.4, -0.2) is 36.1 Å². The summed E-state index contributed by atoms with van der Waals surface area (Å²) >= 11 is 0. The summed E-state index contributed by atoms with van der Waals surface area (Å²) in [5.74, 6) is 1.75. The molecule has 2 heteroatoms. The second-order valence-electron chi connectivity index (χ2n) is 8.03. The molecule has 21 heavy (non-hydrogen) atoms. The minimum Gasteiger partial charge on any atom is -0.311 e. The van der Waals surface area contributed by atoms with Crippen molar-refractivity contribution in [1.29, 1.82) is 0 Å². The smallest absolute Gasteiger partial charge is 0.0252 e. The second kappa shape index (κ2) is 8.53. The van der Waals surface area contributed by atoms with Gasteiger partial charge in [0.05, 0.1) is 0 Å². The first kappa shape index (κ1) is 17.3. The Kier molecular flexibility index (Phi) is 7.01. The summed E-state index contributed by atoms with van der Waals surface area (Å²) in [4.78, 5) is 2.89. The third kappa shape index (κ3) is 4.96. The molecule has 1 aliphatic carbocycles. The average Bonchev–Trinajstić information content (AvgIpc) is 2.48. The van der Waals surface area contributed by atoms with Crippen molar-refractivity contribution in [3.8, 4) is 0 Å². The molecule has 0 aromatic rings. The van der Waals surface area contributed by atoms with Crippen molar-refractivity contribution in [3.05, 3.63) is 0 Å². The van der Waals surface area contributed by atoms with Gasteiger partial charge in [0.2, 0.25) is 0 Å². The van der Waals surface area contributed by atoms with E-state index >= 15 is 0 Å². The molecule has 124 valence electrons. The number of piperazine rings is 1. The van der Waals surface area contributed by atoms with E-state index in [2.05, 4.69) is 37.9 Å². The average molecular weight is 295 g/mol. The highest BCUT2D eigenvalue weighted by Crippen LogP contribution is 2.32. The van der Waals surface area contributed by atoms with Gasteiger partial charge in [0.15, 0.2) is 0 Å². The van der Waals surface area contributed by atoms with Crippen molar-refractivity contribution >= 4 is 0 Å². The Bertz CT molecular complexity index is 283. The van der Waals surface area contributed by atoms with E-state index in [1.54, 1.807) is 0 Å². The summed E-state index contributed by atoms with van der Waals surface area (Å²) in [6.45, 7) is 12.0. The molecule has 2 fully saturated rings. The number of nitrogens with one attached hydrogen (secondary N) is 1. The summed E-state index contributed by atoms with van der Waals surface area (Å²) in [6, 6.07) is 2.28. The van der Waals surface area contributed by atoms with E-state index in [0.29, 0.717) is 6.04 Å². The Morgan fingerprint density at radius 2 is 1.81 bits per heavy atom. The Hall–Kier alpha value is -0.0800. The number of rotatable bonds is 6. The number of nitrogens with zero attached hydrogens (tertiary/aromatic N) is 1. The van der Waals surface area contributed by atoms with Gasteiger partial charge in [0.25, 0.3) is 0 Å². The lowest BCUT2D eigenvalue weighted by Crippen LogP contribution is -2.61.